The number of carbonyl (C=O) groups excluding carboxylic acids is 4. The van der Waals surface area contributed by atoms with Crippen molar-refractivity contribution >= 4 is 29.4 Å². The average molecular weight is 447 g/mol. The van der Waals surface area contributed by atoms with E-state index in [1.165, 1.54) is 16.9 Å². The number of benzene rings is 2. The molecular formula is C25H25N3O5. The SMILES string of the molecule is CCN1C(=O)C2C(c3ccc(C)cc3)N3C(=O)N(c4ccc(OC)cc4)C(=O)[C@@]3(C)C2C1=O. The molecule has 8 heteroatoms. The molecular weight excluding hydrogens is 422 g/mol. The minimum absolute atomic E-state index is 0.228. The Morgan fingerprint density at radius 3 is 2.15 bits per heavy atom. The van der Waals surface area contributed by atoms with E-state index in [9.17, 15) is 19.2 Å². The third-order valence-electron chi connectivity index (χ3n) is 7.27. The molecule has 0 aliphatic carbocycles. The number of urea groups is 1. The highest BCUT2D eigenvalue weighted by Gasteiger charge is 2.75. The summed E-state index contributed by atoms with van der Waals surface area (Å²) < 4.78 is 5.18. The van der Waals surface area contributed by atoms with E-state index in [1.54, 1.807) is 38.1 Å². The summed E-state index contributed by atoms with van der Waals surface area (Å²) in [5.74, 6) is -2.36. The van der Waals surface area contributed by atoms with Crippen molar-refractivity contribution in [3.05, 3.63) is 59.7 Å². The van der Waals surface area contributed by atoms with E-state index >= 15 is 0 Å². The van der Waals surface area contributed by atoms with E-state index in [0.29, 0.717) is 11.4 Å². The molecule has 170 valence electrons. The number of methoxy groups -OCH3 is 1. The maximum absolute atomic E-state index is 13.8. The van der Waals surface area contributed by atoms with Gasteiger partial charge in [-0.3, -0.25) is 19.3 Å². The first-order valence-corrected chi connectivity index (χ1v) is 11.0. The van der Waals surface area contributed by atoms with Crippen LogP contribution >= 0.6 is 0 Å². The molecule has 3 fully saturated rings. The van der Waals surface area contributed by atoms with Gasteiger partial charge in [-0.15, -0.1) is 0 Å². The lowest BCUT2D eigenvalue weighted by Crippen LogP contribution is -2.51. The van der Waals surface area contributed by atoms with Gasteiger partial charge in [0, 0.05) is 6.54 Å². The van der Waals surface area contributed by atoms with Crippen LogP contribution in [0.2, 0.25) is 0 Å². The summed E-state index contributed by atoms with van der Waals surface area (Å²) in [7, 11) is 1.53. The quantitative estimate of drug-likeness (QED) is 0.531. The number of anilines is 1. The first kappa shape index (κ1) is 21.2. The van der Waals surface area contributed by atoms with Gasteiger partial charge in [-0.25, -0.2) is 9.69 Å². The molecule has 3 aliphatic rings. The number of fused-ring (bicyclic) bond motifs is 3. The molecule has 3 unspecified atom stereocenters. The molecule has 5 rings (SSSR count). The van der Waals surface area contributed by atoms with Crippen LogP contribution in [-0.4, -0.2) is 52.7 Å². The summed E-state index contributed by atoms with van der Waals surface area (Å²) in [5.41, 5.74) is 0.693. The zero-order chi connectivity index (χ0) is 23.7. The monoisotopic (exact) mass is 447 g/mol. The first-order chi connectivity index (χ1) is 15.7. The summed E-state index contributed by atoms with van der Waals surface area (Å²) in [6.07, 6.45) is 0. The van der Waals surface area contributed by atoms with Crippen molar-refractivity contribution in [2.24, 2.45) is 11.8 Å². The predicted octanol–water partition coefficient (Wildman–Crippen LogP) is 2.91. The van der Waals surface area contributed by atoms with Crippen molar-refractivity contribution in [2.45, 2.75) is 32.4 Å². The molecule has 4 atom stereocenters. The Hall–Kier alpha value is -3.68. The fourth-order valence-electron chi connectivity index (χ4n) is 5.62. The molecule has 5 amide bonds. The van der Waals surface area contributed by atoms with Crippen LogP contribution in [0.15, 0.2) is 48.5 Å². The van der Waals surface area contributed by atoms with E-state index in [2.05, 4.69) is 0 Å². The Kier molecular flexibility index (Phi) is 4.60. The molecule has 33 heavy (non-hydrogen) atoms. The number of rotatable bonds is 4. The fourth-order valence-corrected chi connectivity index (χ4v) is 5.62. The van der Waals surface area contributed by atoms with Gasteiger partial charge >= 0.3 is 6.03 Å². The molecule has 0 N–H and O–H groups in total. The number of aryl methyl sites for hydroxylation is 1. The van der Waals surface area contributed by atoms with Gasteiger partial charge in [0.15, 0.2) is 0 Å². The van der Waals surface area contributed by atoms with Gasteiger partial charge in [-0.2, -0.15) is 0 Å². The Labute approximate surface area is 191 Å². The molecule has 3 aliphatic heterocycles. The number of hydrogen-bond acceptors (Lipinski definition) is 5. The molecule has 2 aromatic carbocycles. The van der Waals surface area contributed by atoms with Crippen LogP contribution in [0.4, 0.5) is 10.5 Å². The molecule has 0 radical (unpaired) electrons. The minimum Gasteiger partial charge on any atom is -0.497 e. The van der Waals surface area contributed by atoms with E-state index in [-0.39, 0.29) is 12.5 Å². The van der Waals surface area contributed by atoms with Gasteiger partial charge in [0.05, 0.1) is 30.7 Å². The van der Waals surface area contributed by atoms with Gasteiger partial charge in [0.1, 0.15) is 11.3 Å². The number of ether oxygens (including phenoxy) is 1. The lowest BCUT2D eigenvalue weighted by atomic mass is 9.79. The zero-order valence-electron chi connectivity index (χ0n) is 18.9. The molecule has 8 nitrogen and oxygen atoms in total. The van der Waals surface area contributed by atoms with Gasteiger partial charge in [-0.1, -0.05) is 29.8 Å². The molecule has 0 aromatic heterocycles. The molecule has 0 bridgehead atoms. The third-order valence-corrected chi connectivity index (χ3v) is 7.27. The van der Waals surface area contributed by atoms with Crippen LogP contribution in [0.3, 0.4) is 0 Å². The van der Waals surface area contributed by atoms with Gasteiger partial charge in [0.2, 0.25) is 11.8 Å². The molecule has 3 heterocycles. The highest BCUT2D eigenvalue weighted by molar-refractivity contribution is 6.26. The van der Waals surface area contributed by atoms with Crippen LogP contribution in [0.25, 0.3) is 0 Å². The summed E-state index contributed by atoms with van der Waals surface area (Å²) in [5, 5.41) is 0. The Morgan fingerprint density at radius 1 is 0.939 bits per heavy atom. The van der Waals surface area contributed by atoms with Crippen LogP contribution < -0.4 is 9.64 Å². The highest BCUT2D eigenvalue weighted by Crippen LogP contribution is 2.58. The van der Waals surface area contributed by atoms with Crippen LogP contribution in [0.5, 0.6) is 5.75 Å². The maximum Gasteiger partial charge on any atom is 0.332 e. The molecule has 0 saturated carbocycles. The summed E-state index contributed by atoms with van der Waals surface area (Å²) in [6.45, 7) is 5.53. The predicted molar refractivity (Wildman–Crippen MR) is 119 cm³/mol. The number of likely N-dealkylation sites (tertiary alicyclic amines) is 1. The average Bonchev–Trinajstić information content (AvgIpc) is 3.31. The standard InChI is InChI=1S/C25H25N3O5/c1-5-26-21(29)18-19(22(26)30)25(3)23(31)27(16-10-12-17(33-4)13-11-16)24(32)28(25)20(18)15-8-6-14(2)7-9-15/h6-13,18-20H,5H2,1-4H3/t18?,19?,20?,25-/m1/s1. The summed E-state index contributed by atoms with van der Waals surface area (Å²) in [6, 6.07) is 12.9. The van der Waals surface area contributed by atoms with E-state index < -0.39 is 41.3 Å². The number of nitrogens with zero attached hydrogens (tertiary/aromatic N) is 3. The van der Waals surface area contributed by atoms with Crippen molar-refractivity contribution in [1.82, 2.24) is 9.80 Å². The number of hydrogen-bond donors (Lipinski definition) is 0. The Balaban J connectivity index is 1.67. The van der Waals surface area contributed by atoms with Crippen molar-refractivity contribution in [1.29, 1.82) is 0 Å². The van der Waals surface area contributed by atoms with Gasteiger partial charge in [0.25, 0.3) is 5.91 Å². The maximum atomic E-state index is 13.8. The zero-order valence-corrected chi connectivity index (χ0v) is 18.9. The second-order valence-electron chi connectivity index (χ2n) is 8.92. The lowest BCUT2D eigenvalue weighted by molar-refractivity contribution is -0.143. The normalized spacial score (nSPS) is 28.6. The highest BCUT2D eigenvalue weighted by atomic mass is 16.5. The van der Waals surface area contributed by atoms with Crippen molar-refractivity contribution in [3.8, 4) is 5.75 Å². The van der Waals surface area contributed by atoms with Crippen molar-refractivity contribution in [2.75, 3.05) is 18.6 Å². The summed E-state index contributed by atoms with van der Waals surface area (Å²) >= 11 is 0. The minimum atomic E-state index is -1.46. The van der Waals surface area contributed by atoms with Crippen LogP contribution in [0, 0.1) is 18.8 Å². The second kappa shape index (κ2) is 7.16. The Morgan fingerprint density at radius 2 is 1.58 bits per heavy atom. The topological polar surface area (TPSA) is 87.2 Å². The van der Waals surface area contributed by atoms with Gasteiger partial charge < -0.3 is 9.64 Å². The van der Waals surface area contributed by atoms with Crippen LogP contribution in [-0.2, 0) is 14.4 Å². The van der Waals surface area contributed by atoms with E-state index in [1.807, 2.05) is 31.2 Å². The number of amides is 5. The molecule has 2 aromatic rings. The largest absolute Gasteiger partial charge is 0.497 e. The van der Waals surface area contributed by atoms with Crippen molar-refractivity contribution in [3.63, 3.8) is 0 Å². The van der Waals surface area contributed by atoms with Gasteiger partial charge in [-0.05, 0) is 50.6 Å². The molecule has 3 saturated heterocycles. The van der Waals surface area contributed by atoms with Crippen LogP contribution in [0.1, 0.15) is 31.0 Å². The molecule has 0 spiro atoms. The number of imide groups is 2. The fraction of sp³-hybridized carbons (Fsp3) is 0.360. The second-order valence-corrected chi connectivity index (χ2v) is 8.92. The van der Waals surface area contributed by atoms with E-state index in [4.69, 9.17) is 4.74 Å². The third kappa shape index (κ3) is 2.63. The lowest BCUT2D eigenvalue weighted by Gasteiger charge is -2.32. The van der Waals surface area contributed by atoms with E-state index in [0.717, 1.165) is 16.0 Å². The smallest absolute Gasteiger partial charge is 0.332 e. The number of carbonyl (C=O) groups is 4. The van der Waals surface area contributed by atoms with Crippen molar-refractivity contribution < 1.29 is 23.9 Å². The summed E-state index contributed by atoms with van der Waals surface area (Å²) in [4.78, 5) is 58.1. The Bertz CT molecular complexity index is 1180. The first-order valence-electron chi connectivity index (χ1n) is 11.0.